The van der Waals surface area contributed by atoms with Crippen LogP contribution in [0.5, 0.6) is 0 Å². The molecule has 0 aliphatic heterocycles. The first-order valence-corrected chi connectivity index (χ1v) is 26.1. The maximum atomic E-state index is 15.0. The van der Waals surface area contributed by atoms with E-state index in [1.54, 1.807) is 0 Å². The number of ketones is 2. The summed E-state index contributed by atoms with van der Waals surface area (Å²) in [4.78, 5) is 30.1. The van der Waals surface area contributed by atoms with Gasteiger partial charge < -0.3 is 5.32 Å². The maximum Gasteiger partial charge on any atom is 0.191 e. The van der Waals surface area contributed by atoms with Crippen LogP contribution in [0.1, 0.15) is 83.1 Å². The number of carbonyl (C=O) groups excluding carboxylic acids is 2. The molecule has 5 nitrogen and oxygen atoms in total. The molecule has 0 unspecified atom stereocenters. The Kier molecular flexibility index (Phi) is 14.5. The fourth-order valence-corrected chi connectivity index (χ4v) is 16.1. The second-order valence-electron chi connectivity index (χ2n) is 21.0. The number of hydrogen-bond donors (Lipinski definition) is 3. The monoisotopic (exact) mass is 880 g/mol. The van der Waals surface area contributed by atoms with Gasteiger partial charge in [-0.25, -0.2) is 0 Å². The molecular weight excluding hydrogens is 809 g/mol. The van der Waals surface area contributed by atoms with Crippen molar-refractivity contribution in [3.05, 3.63) is 168 Å². The van der Waals surface area contributed by atoms with Crippen molar-refractivity contribution in [2.75, 3.05) is 26.2 Å². The largest absolute Gasteiger partial charge is 0.314 e. The van der Waals surface area contributed by atoms with E-state index in [2.05, 4.69) is 244 Å². The fourth-order valence-electron chi connectivity index (χ4n) is 8.45. The maximum absolute atomic E-state index is 15.0. The summed E-state index contributed by atoms with van der Waals surface area (Å²) in [6.07, 6.45) is 8.71. The van der Waals surface area contributed by atoms with Crippen molar-refractivity contribution in [2.45, 2.75) is 83.1 Å². The average molecular weight is 880 g/mol. The van der Waals surface area contributed by atoms with E-state index in [-0.39, 0.29) is 33.2 Å². The lowest BCUT2D eigenvalue weighted by atomic mass is 9.75. The standard InChI is InChI=1S/C56H71N3O2P2/c1-53(2,3)41-37-47(55(7,8)9)51(60)49(39-41)62(43-25-17-13-18-26-43,44-27-19-14-20-28-44)58-35-33-57-34-36-59-63(45-29-21-15-22-30-45,46-31-23-16-24-32-46)50-40-42(54(4,5)6)38-48(52(50)61)56(10,11)12/h13-32,37-40,57-59H,33-36H2,1-12H3. The van der Waals surface area contributed by atoms with Gasteiger partial charge in [0.1, 0.15) is 0 Å². The molecule has 332 valence electrons. The van der Waals surface area contributed by atoms with Crippen molar-refractivity contribution in [1.82, 2.24) is 15.5 Å². The van der Waals surface area contributed by atoms with E-state index in [0.717, 1.165) is 54.1 Å². The number of rotatable bonds is 12. The first kappa shape index (κ1) is 48.1. The lowest BCUT2D eigenvalue weighted by Gasteiger charge is -2.37. The SMILES string of the molecule is CC(C)(C)C1=CC(=P(NCCNCCNP(=C2C=C(C(C)(C)C)C=C(C(C)(C)C)C2=O)(c2ccccc2)c2ccccc2)(c2ccccc2)c2ccccc2)C(=O)C(C(C)(C)C)=C1. The van der Waals surface area contributed by atoms with E-state index in [9.17, 15) is 0 Å². The molecule has 4 aromatic rings. The lowest BCUT2D eigenvalue weighted by molar-refractivity contribution is -0.111. The van der Waals surface area contributed by atoms with Gasteiger partial charge in [-0.05, 0) is 66.2 Å². The topological polar surface area (TPSA) is 70.2 Å². The van der Waals surface area contributed by atoms with E-state index < -0.39 is 14.1 Å². The predicted octanol–water partition coefficient (Wildman–Crippen LogP) is 10.3. The van der Waals surface area contributed by atoms with Crippen LogP contribution in [0, 0.1) is 21.7 Å². The van der Waals surface area contributed by atoms with Crippen molar-refractivity contribution >= 4 is 57.4 Å². The van der Waals surface area contributed by atoms with Gasteiger partial charge in [0.05, 0.1) is 0 Å². The minimum absolute atomic E-state index is 0.117. The third-order valence-electron chi connectivity index (χ3n) is 12.1. The third-order valence-corrected chi connectivity index (χ3v) is 19.9. The van der Waals surface area contributed by atoms with Crippen molar-refractivity contribution < 1.29 is 9.59 Å². The molecule has 7 heteroatoms. The zero-order valence-electron chi connectivity index (χ0n) is 39.9. The molecule has 0 heterocycles. The Morgan fingerprint density at radius 2 is 0.635 bits per heavy atom. The molecule has 0 radical (unpaired) electrons. The molecule has 0 fully saturated rings. The van der Waals surface area contributed by atoms with E-state index in [4.69, 9.17) is 0 Å². The van der Waals surface area contributed by atoms with Crippen molar-refractivity contribution in [2.24, 2.45) is 21.7 Å². The second kappa shape index (κ2) is 19.0. The first-order chi connectivity index (χ1) is 29.6. The Morgan fingerprint density at radius 1 is 0.365 bits per heavy atom. The summed E-state index contributed by atoms with van der Waals surface area (Å²) in [7, 11) is -5.35. The highest BCUT2D eigenvalue weighted by Crippen LogP contribution is 2.49. The predicted molar refractivity (Wildman–Crippen MR) is 277 cm³/mol. The van der Waals surface area contributed by atoms with Gasteiger partial charge in [-0.15, -0.1) is 0 Å². The molecule has 0 atom stereocenters. The number of nitrogens with one attached hydrogen (secondary N) is 3. The Hall–Kier alpha value is -4.34. The van der Waals surface area contributed by atoms with Crippen molar-refractivity contribution in [3.63, 3.8) is 0 Å². The Balaban J connectivity index is 1.39. The summed E-state index contributed by atoms with van der Waals surface area (Å²) < 4.78 is 0. The molecule has 2 aliphatic rings. The van der Waals surface area contributed by atoms with Crippen LogP contribution in [0.2, 0.25) is 0 Å². The van der Waals surface area contributed by atoms with Gasteiger partial charge in [-0.1, -0.05) is 217 Å². The smallest absolute Gasteiger partial charge is 0.191 e. The van der Waals surface area contributed by atoms with Gasteiger partial charge in [-0.2, -0.15) is 0 Å². The van der Waals surface area contributed by atoms with Gasteiger partial charge in [0, 0.05) is 62.0 Å². The van der Waals surface area contributed by atoms with E-state index in [1.807, 2.05) is 0 Å². The molecule has 0 saturated carbocycles. The molecule has 0 amide bonds. The van der Waals surface area contributed by atoms with Crippen LogP contribution in [-0.4, -0.2) is 48.3 Å². The Bertz CT molecular complexity index is 2270. The van der Waals surface area contributed by atoms with Crippen LogP contribution >= 0.6 is 14.1 Å². The summed E-state index contributed by atoms with van der Waals surface area (Å²) in [5.41, 5.74) is 3.03. The van der Waals surface area contributed by atoms with E-state index in [1.165, 1.54) is 0 Å². The number of benzene rings is 4. The summed E-state index contributed by atoms with van der Waals surface area (Å²) in [5.74, 6) is 0.234. The zero-order valence-corrected chi connectivity index (χ0v) is 41.7. The number of hydrogen-bond acceptors (Lipinski definition) is 5. The van der Waals surface area contributed by atoms with Crippen molar-refractivity contribution in [3.8, 4) is 0 Å². The van der Waals surface area contributed by atoms with Gasteiger partial charge in [0.15, 0.2) is 11.6 Å². The van der Waals surface area contributed by atoms with Crippen molar-refractivity contribution in [1.29, 1.82) is 0 Å². The van der Waals surface area contributed by atoms with Crippen LogP contribution in [0.15, 0.2) is 168 Å². The van der Waals surface area contributed by atoms with E-state index >= 15 is 9.59 Å². The summed E-state index contributed by atoms with van der Waals surface area (Å²) in [6, 6.07) is 42.4. The van der Waals surface area contributed by atoms with Gasteiger partial charge >= 0.3 is 0 Å². The summed E-state index contributed by atoms with van der Waals surface area (Å²) >= 11 is 0. The molecular formula is C56H71N3O2P2. The minimum atomic E-state index is -2.68. The van der Waals surface area contributed by atoms with E-state index in [0.29, 0.717) is 26.2 Å². The molecule has 2 aliphatic carbocycles. The van der Waals surface area contributed by atoms with Gasteiger partial charge in [0.25, 0.3) is 0 Å². The third kappa shape index (κ3) is 10.3. The number of allylic oxidation sites excluding steroid dienone is 8. The second-order valence-corrected chi connectivity index (χ2v) is 27.3. The molecule has 0 saturated heterocycles. The highest BCUT2D eigenvalue weighted by atomic mass is 31.2. The highest BCUT2D eigenvalue weighted by Gasteiger charge is 2.40. The molecule has 63 heavy (non-hydrogen) atoms. The molecule has 0 aromatic heterocycles. The summed E-state index contributed by atoms with van der Waals surface area (Å²) in [5, 5.41) is 18.2. The van der Waals surface area contributed by atoms with Crippen LogP contribution in [0.25, 0.3) is 0 Å². The molecule has 6 rings (SSSR count). The van der Waals surface area contributed by atoms with Crippen LogP contribution in [-0.2, 0) is 9.59 Å². The minimum Gasteiger partial charge on any atom is -0.314 e. The normalized spacial score (nSPS) is 15.8. The summed E-state index contributed by atoms with van der Waals surface area (Å²) in [6.45, 7) is 28.9. The Labute approximate surface area is 379 Å². The van der Waals surface area contributed by atoms with Crippen LogP contribution in [0.3, 0.4) is 0 Å². The lowest BCUT2D eigenvalue weighted by Crippen LogP contribution is -2.41. The van der Waals surface area contributed by atoms with Gasteiger partial charge in [-0.3, -0.25) is 19.8 Å². The van der Waals surface area contributed by atoms with Crippen LogP contribution < -0.4 is 36.7 Å². The number of carbonyl (C=O) groups is 2. The van der Waals surface area contributed by atoms with Gasteiger partial charge in [0.2, 0.25) is 0 Å². The Morgan fingerprint density at radius 3 is 0.873 bits per heavy atom. The molecule has 3 N–H and O–H groups in total. The zero-order chi connectivity index (χ0) is 45.8. The average Bonchev–Trinajstić information content (AvgIpc) is 3.23. The molecule has 0 bridgehead atoms. The van der Waals surface area contributed by atoms with Crippen LogP contribution in [0.4, 0.5) is 0 Å². The molecule has 0 spiro atoms. The first-order valence-electron chi connectivity index (χ1n) is 22.6. The quantitative estimate of drug-likeness (QED) is 0.0977. The highest BCUT2D eigenvalue weighted by molar-refractivity contribution is 7.90. The number of Topliss-reactive ketones (excluding diaryl/α,β-unsaturated/α-hetero) is 2. The fraction of sp³-hybridized carbons (Fsp3) is 0.357. The molecule has 4 aromatic carbocycles.